The van der Waals surface area contributed by atoms with Crippen molar-refractivity contribution in [3.05, 3.63) is 23.5 Å². The van der Waals surface area contributed by atoms with Gasteiger partial charge < -0.3 is 20.1 Å². The molecule has 0 saturated carbocycles. The molecule has 0 aromatic heterocycles. The molecule has 0 atom stereocenters. The molecule has 0 saturated heterocycles. The predicted molar refractivity (Wildman–Crippen MR) is 86.8 cm³/mol. The average molecular weight is 399 g/mol. The van der Waals surface area contributed by atoms with Crippen LogP contribution in [0.15, 0.2) is 23.5 Å². The van der Waals surface area contributed by atoms with Gasteiger partial charge in [-0.3, -0.25) is 9.59 Å². The van der Waals surface area contributed by atoms with Gasteiger partial charge >= 0.3 is 11.9 Å². The molecular formula is C16H24CoN2O6. The molecule has 0 heterocycles. The van der Waals surface area contributed by atoms with Crippen molar-refractivity contribution in [2.24, 2.45) is 0 Å². The Bertz CT molecular complexity index is 495. The molecule has 0 amide bonds. The van der Waals surface area contributed by atoms with Gasteiger partial charge in [0.15, 0.2) is 11.6 Å². The summed E-state index contributed by atoms with van der Waals surface area (Å²) in [5, 5.41) is 5.57. The Morgan fingerprint density at radius 3 is 1.32 bits per heavy atom. The van der Waals surface area contributed by atoms with Crippen LogP contribution in [0, 0.1) is 0 Å². The van der Waals surface area contributed by atoms with E-state index in [2.05, 4.69) is 10.6 Å². The maximum atomic E-state index is 11.5. The molecule has 8 nitrogen and oxygen atoms in total. The van der Waals surface area contributed by atoms with Crippen molar-refractivity contribution < 1.29 is 45.4 Å². The van der Waals surface area contributed by atoms with E-state index in [0.29, 0.717) is 13.1 Å². The van der Waals surface area contributed by atoms with Gasteiger partial charge in [-0.15, -0.1) is 0 Å². The number of carbonyl (C=O) groups excluding carboxylic acids is 4. The molecule has 0 aromatic carbocycles. The molecule has 0 aliphatic carbocycles. The minimum atomic E-state index is -0.688. The molecule has 25 heavy (non-hydrogen) atoms. The fraction of sp³-hybridized carbons (Fsp3) is 0.500. The monoisotopic (exact) mass is 399 g/mol. The zero-order valence-corrected chi connectivity index (χ0v) is 15.8. The Balaban J connectivity index is 0. The molecule has 1 radical (unpaired) electrons. The summed E-state index contributed by atoms with van der Waals surface area (Å²) in [5.74, 6) is -2.19. The molecule has 0 aromatic rings. The summed E-state index contributed by atoms with van der Waals surface area (Å²) in [5.41, 5.74) is -0.160. The molecule has 0 aliphatic rings. The number of esters is 2. The number of nitrogens with one attached hydrogen (secondary N) is 2. The van der Waals surface area contributed by atoms with Crippen molar-refractivity contribution in [1.82, 2.24) is 10.6 Å². The van der Waals surface area contributed by atoms with Crippen LogP contribution in [-0.2, 0) is 45.4 Å². The summed E-state index contributed by atoms with van der Waals surface area (Å²) in [6, 6.07) is 0. The number of ether oxygens (including phenoxy) is 2. The molecule has 0 aliphatic heterocycles. The van der Waals surface area contributed by atoms with Gasteiger partial charge in [-0.05, 0) is 27.7 Å². The molecule has 143 valence electrons. The predicted octanol–water partition coefficient (Wildman–Crippen LogP) is 0.235. The average Bonchev–Trinajstić information content (AvgIpc) is 2.49. The van der Waals surface area contributed by atoms with Gasteiger partial charge in [-0.2, -0.15) is 0 Å². The normalized spacial score (nSPS) is 11.0. The Kier molecular flexibility index (Phi) is 14.3. The van der Waals surface area contributed by atoms with E-state index in [1.807, 2.05) is 0 Å². The number of hydrogen-bond acceptors (Lipinski definition) is 8. The number of rotatable bonds is 11. The first-order valence-electron chi connectivity index (χ1n) is 7.58. The number of hydrogen-bond donors (Lipinski definition) is 2. The van der Waals surface area contributed by atoms with Crippen molar-refractivity contribution in [3.63, 3.8) is 0 Å². The van der Waals surface area contributed by atoms with Crippen molar-refractivity contribution in [1.29, 1.82) is 0 Å². The summed E-state index contributed by atoms with van der Waals surface area (Å²) in [7, 11) is 0. The van der Waals surface area contributed by atoms with Crippen molar-refractivity contribution in [2.45, 2.75) is 27.7 Å². The topological polar surface area (TPSA) is 111 Å². The Morgan fingerprint density at radius 2 is 1.08 bits per heavy atom. The second-order valence-corrected chi connectivity index (χ2v) is 4.58. The van der Waals surface area contributed by atoms with E-state index in [9.17, 15) is 19.2 Å². The van der Waals surface area contributed by atoms with Crippen LogP contribution in [0.25, 0.3) is 0 Å². The van der Waals surface area contributed by atoms with E-state index in [4.69, 9.17) is 9.47 Å². The first-order valence-corrected chi connectivity index (χ1v) is 7.58. The standard InChI is InChI=1S/C16H24N2O6.Co/c1-5-23-15(21)13(11(3)19)9-17-7-8-18-10-14(12(4)20)16(22)24-6-2;/h9-10,17-18H,5-8H2,1-4H3;/b13-9+,14-10+;. The van der Waals surface area contributed by atoms with Crippen LogP contribution in [0.1, 0.15) is 27.7 Å². The quantitative estimate of drug-likeness (QED) is 0.167. The van der Waals surface area contributed by atoms with Gasteiger partial charge in [0.1, 0.15) is 11.1 Å². The minimum Gasteiger partial charge on any atom is -0.462 e. The largest absolute Gasteiger partial charge is 0.462 e. The molecule has 2 N–H and O–H groups in total. The van der Waals surface area contributed by atoms with Crippen LogP contribution in [0.4, 0.5) is 0 Å². The third-order valence-corrected chi connectivity index (χ3v) is 2.66. The second kappa shape index (κ2) is 14.2. The van der Waals surface area contributed by atoms with Crippen LogP contribution in [-0.4, -0.2) is 49.8 Å². The van der Waals surface area contributed by atoms with Crippen molar-refractivity contribution in [2.75, 3.05) is 26.3 Å². The van der Waals surface area contributed by atoms with Crippen LogP contribution in [0.2, 0.25) is 0 Å². The van der Waals surface area contributed by atoms with E-state index in [-0.39, 0.29) is 41.1 Å². The maximum absolute atomic E-state index is 11.5. The van der Waals surface area contributed by atoms with E-state index in [0.717, 1.165) is 0 Å². The molecule has 0 unspecified atom stereocenters. The molecule has 0 fully saturated rings. The fourth-order valence-corrected chi connectivity index (χ4v) is 1.52. The smallest absolute Gasteiger partial charge is 0.343 e. The van der Waals surface area contributed by atoms with Crippen molar-refractivity contribution in [3.8, 4) is 0 Å². The van der Waals surface area contributed by atoms with Gasteiger partial charge in [-0.25, -0.2) is 9.59 Å². The van der Waals surface area contributed by atoms with E-state index in [1.165, 1.54) is 26.2 Å². The van der Waals surface area contributed by atoms with Gasteiger partial charge in [0.05, 0.1) is 13.2 Å². The second-order valence-electron chi connectivity index (χ2n) is 4.58. The van der Waals surface area contributed by atoms with Gasteiger partial charge in [0.2, 0.25) is 0 Å². The van der Waals surface area contributed by atoms with Gasteiger partial charge in [0.25, 0.3) is 0 Å². The zero-order chi connectivity index (χ0) is 18.5. The van der Waals surface area contributed by atoms with Crippen LogP contribution in [0.5, 0.6) is 0 Å². The van der Waals surface area contributed by atoms with E-state index >= 15 is 0 Å². The number of Topliss-reactive ketones (excluding diaryl/α,β-unsaturated/α-hetero) is 2. The summed E-state index contributed by atoms with van der Waals surface area (Å²) in [4.78, 5) is 45.8. The van der Waals surface area contributed by atoms with Gasteiger partial charge in [0, 0.05) is 42.3 Å². The zero-order valence-electron chi connectivity index (χ0n) is 14.8. The molecule has 9 heteroatoms. The SMILES string of the molecule is CCOC(=O)/C(=C/NCCN/C=C(\C(C)=O)C(=O)OCC)C(C)=O.[Co]. The molecule has 0 rings (SSSR count). The summed E-state index contributed by atoms with van der Waals surface area (Å²) in [6.07, 6.45) is 2.56. The summed E-state index contributed by atoms with van der Waals surface area (Å²) in [6.45, 7) is 6.88. The van der Waals surface area contributed by atoms with Crippen molar-refractivity contribution >= 4 is 23.5 Å². The minimum absolute atomic E-state index is 0. The van der Waals surface area contributed by atoms with Crippen LogP contribution in [0.3, 0.4) is 0 Å². The van der Waals surface area contributed by atoms with Crippen LogP contribution < -0.4 is 10.6 Å². The number of ketones is 2. The molecule has 0 bridgehead atoms. The molecule has 0 spiro atoms. The Hall–Kier alpha value is -2.13. The first-order chi connectivity index (χ1) is 11.3. The van der Waals surface area contributed by atoms with Crippen LogP contribution >= 0.6 is 0 Å². The molecular weight excluding hydrogens is 375 g/mol. The van der Waals surface area contributed by atoms with E-state index in [1.54, 1.807) is 13.8 Å². The van der Waals surface area contributed by atoms with Gasteiger partial charge in [-0.1, -0.05) is 0 Å². The Morgan fingerprint density at radius 1 is 0.760 bits per heavy atom. The maximum Gasteiger partial charge on any atom is 0.343 e. The third-order valence-electron chi connectivity index (χ3n) is 2.66. The number of carbonyl (C=O) groups is 4. The fourth-order valence-electron chi connectivity index (χ4n) is 1.52. The Labute approximate surface area is 157 Å². The summed E-state index contributed by atoms with van der Waals surface area (Å²) < 4.78 is 9.54. The first kappa shape index (κ1) is 25.1. The van der Waals surface area contributed by atoms with E-state index < -0.39 is 23.5 Å². The third kappa shape index (κ3) is 10.4. The summed E-state index contributed by atoms with van der Waals surface area (Å²) >= 11 is 0.